The summed E-state index contributed by atoms with van der Waals surface area (Å²) in [5.41, 5.74) is 0.672. The van der Waals surface area contributed by atoms with Gasteiger partial charge in [-0.2, -0.15) is 0 Å². The van der Waals surface area contributed by atoms with Gasteiger partial charge in [0.2, 0.25) is 0 Å². The van der Waals surface area contributed by atoms with Gasteiger partial charge in [-0.3, -0.25) is 9.69 Å². The third kappa shape index (κ3) is 5.14. The van der Waals surface area contributed by atoms with Crippen LogP contribution in [0.1, 0.15) is 10.4 Å². The number of methoxy groups -OCH3 is 2. The fourth-order valence-electron chi connectivity index (χ4n) is 3.08. The molecule has 1 amide bonds. The van der Waals surface area contributed by atoms with E-state index in [0.717, 1.165) is 44.2 Å². The van der Waals surface area contributed by atoms with Crippen LogP contribution in [-0.2, 0) is 0 Å². The summed E-state index contributed by atoms with van der Waals surface area (Å²) in [5.74, 6) is 2.42. The number of benzene rings is 2. The lowest BCUT2D eigenvalue weighted by molar-refractivity contribution is 0.0620. The van der Waals surface area contributed by atoms with Crippen LogP contribution in [0.3, 0.4) is 0 Å². The van der Waals surface area contributed by atoms with E-state index in [2.05, 4.69) is 4.90 Å². The third-order valence-corrected chi connectivity index (χ3v) is 4.71. The SMILES string of the molecule is COc1ccc(OCCN2CCN(C(=O)c3cccc(OC)c3)CC2)cc1. The van der Waals surface area contributed by atoms with Crippen LogP contribution in [0, 0.1) is 0 Å². The van der Waals surface area contributed by atoms with E-state index in [1.807, 2.05) is 47.4 Å². The summed E-state index contributed by atoms with van der Waals surface area (Å²) in [5, 5.41) is 0. The van der Waals surface area contributed by atoms with Gasteiger partial charge in [-0.25, -0.2) is 0 Å². The zero-order chi connectivity index (χ0) is 19.1. The zero-order valence-corrected chi connectivity index (χ0v) is 15.9. The van der Waals surface area contributed by atoms with Gasteiger partial charge in [0.25, 0.3) is 5.91 Å². The molecule has 0 saturated carbocycles. The summed E-state index contributed by atoms with van der Waals surface area (Å²) in [6.07, 6.45) is 0. The zero-order valence-electron chi connectivity index (χ0n) is 15.9. The fourth-order valence-corrected chi connectivity index (χ4v) is 3.08. The van der Waals surface area contributed by atoms with Crippen molar-refractivity contribution < 1.29 is 19.0 Å². The van der Waals surface area contributed by atoms with E-state index < -0.39 is 0 Å². The molecule has 0 spiro atoms. The Labute approximate surface area is 160 Å². The van der Waals surface area contributed by atoms with Crippen LogP contribution in [-0.4, -0.2) is 69.3 Å². The Hall–Kier alpha value is -2.73. The molecular formula is C21H26N2O4. The largest absolute Gasteiger partial charge is 0.497 e. The summed E-state index contributed by atoms with van der Waals surface area (Å²) in [6, 6.07) is 14.9. The van der Waals surface area contributed by atoms with E-state index in [1.54, 1.807) is 20.3 Å². The van der Waals surface area contributed by atoms with Crippen LogP contribution >= 0.6 is 0 Å². The summed E-state index contributed by atoms with van der Waals surface area (Å²) < 4.78 is 16.1. The van der Waals surface area contributed by atoms with Crippen molar-refractivity contribution in [1.82, 2.24) is 9.80 Å². The Morgan fingerprint density at radius 2 is 1.56 bits per heavy atom. The highest BCUT2D eigenvalue weighted by Gasteiger charge is 2.22. The van der Waals surface area contributed by atoms with Crippen molar-refractivity contribution in [3.63, 3.8) is 0 Å². The Kier molecular flexibility index (Phi) is 6.54. The number of hydrogen-bond acceptors (Lipinski definition) is 5. The van der Waals surface area contributed by atoms with E-state index in [1.165, 1.54) is 0 Å². The Morgan fingerprint density at radius 3 is 2.22 bits per heavy atom. The number of amides is 1. The van der Waals surface area contributed by atoms with Crippen LogP contribution in [0.25, 0.3) is 0 Å². The van der Waals surface area contributed by atoms with E-state index in [-0.39, 0.29) is 5.91 Å². The van der Waals surface area contributed by atoms with Crippen LogP contribution in [0.5, 0.6) is 17.2 Å². The second kappa shape index (κ2) is 9.28. The molecule has 0 aliphatic carbocycles. The molecule has 1 saturated heterocycles. The predicted molar refractivity (Wildman–Crippen MR) is 104 cm³/mol. The van der Waals surface area contributed by atoms with Gasteiger partial charge in [0.15, 0.2) is 0 Å². The molecule has 2 aromatic rings. The third-order valence-electron chi connectivity index (χ3n) is 4.71. The van der Waals surface area contributed by atoms with Gasteiger partial charge < -0.3 is 19.1 Å². The number of piperazine rings is 1. The maximum Gasteiger partial charge on any atom is 0.254 e. The minimum Gasteiger partial charge on any atom is -0.497 e. The smallest absolute Gasteiger partial charge is 0.254 e. The van der Waals surface area contributed by atoms with E-state index in [0.29, 0.717) is 17.9 Å². The maximum atomic E-state index is 12.6. The predicted octanol–water partition coefficient (Wildman–Crippen LogP) is 2.54. The van der Waals surface area contributed by atoms with Crippen molar-refractivity contribution in [1.29, 1.82) is 0 Å². The highest BCUT2D eigenvalue weighted by molar-refractivity contribution is 5.94. The summed E-state index contributed by atoms with van der Waals surface area (Å²) in [4.78, 5) is 16.9. The summed E-state index contributed by atoms with van der Waals surface area (Å²) in [6.45, 7) is 4.60. The van der Waals surface area contributed by atoms with Crippen LogP contribution in [0.2, 0.25) is 0 Å². The molecule has 0 radical (unpaired) electrons. The van der Waals surface area contributed by atoms with Crippen LogP contribution in [0.4, 0.5) is 0 Å². The molecule has 6 heteroatoms. The Bertz CT molecular complexity index is 740. The molecule has 0 unspecified atom stereocenters. The average molecular weight is 370 g/mol. The second-order valence-electron chi connectivity index (χ2n) is 6.39. The quantitative estimate of drug-likeness (QED) is 0.750. The molecule has 1 aliphatic rings. The molecular weight excluding hydrogens is 344 g/mol. The molecule has 2 aromatic carbocycles. The van der Waals surface area contributed by atoms with Crippen molar-refractivity contribution in [3.8, 4) is 17.2 Å². The Morgan fingerprint density at radius 1 is 0.889 bits per heavy atom. The van der Waals surface area contributed by atoms with Crippen molar-refractivity contribution in [2.24, 2.45) is 0 Å². The van der Waals surface area contributed by atoms with Gasteiger partial charge in [-0.05, 0) is 42.5 Å². The normalized spacial score (nSPS) is 14.7. The minimum atomic E-state index is 0.0584. The number of hydrogen-bond donors (Lipinski definition) is 0. The maximum absolute atomic E-state index is 12.6. The molecule has 0 N–H and O–H groups in total. The van der Waals surface area contributed by atoms with Crippen molar-refractivity contribution in [3.05, 3.63) is 54.1 Å². The van der Waals surface area contributed by atoms with Gasteiger partial charge in [0.1, 0.15) is 23.9 Å². The topological polar surface area (TPSA) is 51.2 Å². The Balaban J connectivity index is 1.42. The summed E-state index contributed by atoms with van der Waals surface area (Å²) in [7, 11) is 3.25. The molecule has 27 heavy (non-hydrogen) atoms. The van der Waals surface area contributed by atoms with Crippen LogP contribution in [0.15, 0.2) is 48.5 Å². The van der Waals surface area contributed by atoms with Gasteiger partial charge in [-0.1, -0.05) is 6.07 Å². The average Bonchev–Trinajstić information content (AvgIpc) is 2.74. The first kappa shape index (κ1) is 19.0. The van der Waals surface area contributed by atoms with Crippen molar-refractivity contribution >= 4 is 5.91 Å². The monoisotopic (exact) mass is 370 g/mol. The molecule has 3 rings (SSSR count). The van der Waals surface area contributed by atoms with Crippen molar-refractivity contribution in [2.75, 3.05) is 53.6 Å². The lowest BCUT2D eigenvalue weighted by Gasteiger charge is -2.34. The van der Waals surface area contributed by atoms with E-state index >= 15 is 0 Å². The van der Waals surface area contributed by atoms with Gasteiger partial charge in [0.05, 0.1) is 14.2 Å². The molecule has 1 aliphatic heterocycles. The molecule has 1 heterocycles. The van der Waals surface area contributed by atoms with Gasteiger partial charge in [0, 0.05) is 38.3 Å². The number of carbonyl (C=O) groups excluding carboxylic acids is 1. The highest BCUT2D eigenvalue weighted by Crippen LogP contribution is 2.17. The van der Waals surface area contributed by atoms with E-state index in [9.17, 15) is 4.79 Å². The van der Waals surface area contributed by atoms with Gasteiger partial charge >= 0.3 is 0 Å². The molecule has 144 valence electrons. The number of carbonyl (C=O) groups is 1. The first-order valence-electron chi connectivity index (χ1n) is 9.12. The van der Waals surface area contributed by atoms with Gasteiger partial charge in [-0.15, -0.1) is 0 Å². The number of ether oxygens (including phenoxy) is 3. The van der Waals surface area contributed by atoms with Crippen molar-refractivity contribution in [2.45, 2.75) is 0 Å². The first-order valence-corrected chi connectivity index (χ1v) is 9.12. The molecule has 1 fully saturated rings. The minimum absolute atomic E-state index is 0.0584. The van der Waals surface area contributed by atoms with Crippen LogP contribution < -0.4 is 14.2 Å². The molecule has 0 bridgehead atoms. The standard InChI is InChI=1S/C21H26N2O4/c1-25-18-6-8-19(9-7-18)27-15-14-22-10-12-23(13-11-22)21(24)17-4-3-5-20(16-17)26-2/h3-9,16H,10-15H2,1-2H3. The molecule has 0 atom stereocenters. The first-order chi connectivity index (χ1) is 13.2. The lowest BCUT2D eigenvalue weighted by Crippen LogP contribution is -2.49. The molecule has 0 aromatic heterocycles. The lowest BCUT2D eigenvalue weighted by atomic mass is 10.1. The fraction of sp³-hybridized carbons (Fsp3) is 0.381. The van der Waals surface area contributed by atoms with E-state index in [4.69, 9.17) is 14.2 Å². The second-order valence-corrected chi connectivity index (χ2v) is 6.39. The highest BCUT2D eigenvalue weighted by atomic mass is 16.5. The molecule has 6 nitrogen and oxygen atoms in total. The number of rotatable bonds is 7. The summed E-state index contributed by atoms with van der Waals surface area (Å²) >= 11 is 0. The number of nitrogens with zero attached hydrogens (tertiary/aromatic N) is 2.